The SMILES string of the molecule is C=C(C)CN1CCC(NC(=NCc2ccc(OCC)c(C)c2)NCC)CC1.I. The van der Waals surface area contributed by atoms with Crippen LogP contribution in [0.25, 0.3) is 0 Å². The van der Waals surface area contributed by atoms with E-state index < -0.39 is 0 Å². The first kappa shape index (κ1) is 24.8. The van der Waals surface area contributed by atoms with E-state index in [0.717, 1.165) is 56.3 Å². The molecule has 0 spiro atoms. The van der Waals surface area contributed by atoms with Crippen LogP contribution < -0.4 is 15.4 Å². The maximum absolute atomic E-state index is 5.62. The third kappa shape index (κ3) is 8.39. The van der Waals surface area contributed by atoms with Gasteiger partial charge in [-0.2, -0.15) is 0 Å². The Hall–Kier alpha value is -1.28. The Kier molecular flexibility index (Phi) is 11.5. The molecule has 1 aromatic carbocycles. The Balaban J connectivity index is 0.00000392. The van der Waals surface area contributed by atoms with Gasteiger partial charge in [0.15, 0.2) is 5.96 Å². The van der Waals surface area contributed by atoms with Crippen molar-refractivity contribution in [2.45, 2.75) is 53.1 Å². The first-order valence-electron chi connectivity index (χ1n) is 10.2. The largest absolute Gasteiger partial charge is 0.494 e. The van der Waals surface area contributed by atoms with Crippen molar-refractivity contribution in [2.24, 2.45) is 4.99 Å². The highest BCUT2D eigenvalue weighted by Gasteiger charge is 2.19. The Morgan fingerprint density at radius 3 is 2.57 bits per heavy atom. The van der Waals surface area contributed by atoms with Crippen LogP contribution in [-0.4, -0.2) is 49.7 Å². The number of benzene rings is 1. The fourth-order valence-corrected chi connectivity index (χ4v) is 3.43. The maximum atomic E-state index is 5.62. The quantitative estimate of drug-likeness (QED) is 0.244. The zero-order valence-electron chi connectivity index (χ0n) is 17.9. The normalized spacial score (nSPS) is 15.6. The molecule has 0 aromatic heterocycles. The second kappa shape index (κ2) is 13.0. The molecule has 0 bridgehead atoms. The molecule has 1 aliphatic heterocycles. The van der Waals surface area contributed by atoms with Crippen molar-refractivity contribution < 1.29 is 4.74 Å². The van der Waals surface area contributed by atoms with Gasteiger partial charge >= 0.3 is 0 Å². The van der Waals surface area contributed by atoms with Crippen LogP contribution in [0.2, 0.25) is 0 Å². The third-order valence-electron chi connectivity index (χ3n) is 4.73. The number of piperidine rings is 1. The van der Waals surface area contributed by atoms with Gasteiger partial charge < -0.3 is 15.4 Å². The molecule has 0 unspecified atom stereocenters. The molecule has 1 aromatic rings. The molecule has 0 atom stereocenters. The number of likely N-dealkylation sites (tertiary alicyclic amines) is 1. The van der Waals surface area contributed by atoms with Crippen molar-refractivity contribution >= 4 is 29.9 Å². The summed E-state index contributed by atoms with van der Waals surface area (Å²) in [5.41, 5.74) is 3.60. The highest BCUT2D eigenvalue weighted by Crippen LogP contribution is 2.19. The highest BCUT2D eigenvalue weighted by molar-refractivity contribution is 14.0. The summed E-state index contributed by atoms with van der Waals surface area (Å²) in [7, 11) is 0. The van der Waals surface area contributed by atoms with Crippen LogP contribution >= 0.6 is 24.0 Å². The van der Waals surface area contributed by atoms with Gasteiger partial charge in [0.25, 0.3) is 0 Å². The molecule has 1 fully saturated rings. The van der Waals surface area contributed by atoms with Crippen molar-refractivity contribution in [1.29, 1.82) is 0 Å². The van der Waals surface area contributed by atoms with E-state index in [-0.39, 0.29) is 24.0 Å². The minimum atomic E-state index is 0. The summed E-state index contributed by atoms with van der Waals surface area (Å²) in [6, 6.07) is 6.78. The molecule has 2 rings (SSSR count). The monoisotopic (exact) mass is 500 g/mol. The minimum absolute atomic E-state index is 0. The van der Waals surface area contributed by atoms with Gasteiger partial charge in [0.1, 0.15) is 5.75 Å². The molecule has 28 heavy (non-hydrogen) atoms. The molecule has 1 heterocycles. The van der Waals surface area contributed by atoms with Crippen molar-refractivity contribution in [3.8, 4) is 5.75 Å². The average Bonchev–Trinajstić information content (AvgIpc) is 2.63. The van der Waals surface area contributed by atoms with Crippen LogP contribution in [0.3, 0.4) is 0 Å². The smallest absolute Gasteiger partial charge is 0.191 e. The number of halogens is 1. The standard InChI is InChI=1S/C22H36N4O.HI/c1-6-23-22(25-20-10-12-26(13-11-20)16-17(3)4)24-15-19-8-9-21(27-7-2)18(5)14-19;/h8-9,14,20H,3,6-7,10-13,15-16H2,1-2,4-5H3,(H2,23,24,25);1H. The number of ether oxygens (including phenoxy) is 1. The molecule has 0 aliphatic carbocycles. The molecule has 0 saturated carbocycles. The van der Waals surface area contributed by atoms with Crippen molar-refractivity contribution in [2.75, 3.05) is 32.8 Å². The molecular formula is C22H37IN4O. The lowest BCUT2D eigenvalue weighted by Gasteiger charge is -2.33. The Bertz CT molecular complexity index is 639. The minimum Gasteiger partial charge on any atom is -0.494 e. The topological polar surface area (TPSA) is 48.9 Å². The summed E-state index contributed by atoms with van der Waals surface area (Å²) in [4.78, 5) is 7.27. The summed E-state index contributed by atoms with van der Waals surface area (Å²) in [6.45, 7) is 17.8. The predicted octanol–water partition coefficient (Wildman–Crippen LogP) is 4.11. The van der Waals surface area contributed by atoms with Gasteiger partial charge in [-0.05, 0) is 57.7 Å². The van der Waals surface area contributed by atoms with Crippen LogP contribution in [-0.2, 0) is 6.54 Å². The lowest BCUT2D eigenvalue weighted by molar-refractivity contribution is 0.221. The number of nitrogens with zero attached hydrogens (tertiary/aromatic N) is 2. The number of aliphatic imine (C=N–C) groups is 1. The second-order valence-electron chi connectivity index (χ2n) is 7.38. The number of hydrogen-bond donors (Lipinski definition) is 2. The van der Waals surface area contributed by atoms with E-state index in [1.807, 2.05) is 13.0 Å². The molecule has 6 heteroatoms. The zero-order valence-corrected chi connectivity index (χ0v) is 20.2. The van der Waals surface area contributed by atoms with Gasteiger partial charge in [0, 0.05) is 32.2 Å². The molecule has 1 aliphatic rings. The second-order valence-corrected chi connectivity index (χ2v) is 7.38. The molecule has 1 saturated heterocycles. The Labute approximate surface area is 188 Å². The highest BCUT2D eigenvalue weighted by atomic mass is 127. The molecule has 158 valence electrons. The third-order valence-corrected chi connectivity index (χ3v) is 4.73. The molecular weight excluding hydrogens is 463 g/mol. The van der Waals surface area contributed by atoms with Crippen LogP contribution in [0.4, 0.5) is 0 Å². The van der Waals surface area contributed by atoms with Crippen molar-refractivity contribution in [3.05, 3.63) is 41.5 Å². The van der Waals surface area contributed by atoms with E-state index in [9.17, 15) is 0 Å². The molecule has 0 amide bonds. The van der Waals surface area contributed by atoms with Gasteiger partial charge in [-0.1, -0.05) is 24.3 Å². The lowest BCUT2D eigenvalue weighted by Crippen LogP contribution is -2.48. The summed E-state index contributed by atoms with van der Waals surface area (Å²) < 4.78 is 5.62. The van der Waals surface area contributed by atoms with Gasteiger partial charge in [-0.25, -0.2) is 4.99 Å². The van der Waals surface area contributed by atoms with E-state index in [1.165, 1.54) is 11.1 Å². The Morgan fingerprint density at radius 2 is 2.00 bits per heavy atom. The van der Waals surface area contributed by atoms with Gasteiger partial charge in [0.05, 0.1) is 13.2 Å². The van der Waals surface area contributed by atoms with Gasteiger partial charge in [0.2, 0.25) is 0 Å². The van der Waals surface area contributed by atoms with Crippen LogP contribution in [0.1, 0.15) is 44.7 Å². The number of aryl methyl sites for hydroxylation is 1. The summed E-state index contributed by atoms with van der Waals surface area (Å²) in [5.74, 6) is 1.86. The first-order chi connectivity index (χ1) is 13.0. The van der Waals surface area contributed by atoms with Crippen molar-refractivity contribution in [3.63, 3.8) is 0 Å². The van der Waals surface area contributed by atoms with E-state index in [0.29, 0.717) is 19.2 Å². The fourth-order valence-electron chi connectivity index (χ4n) is 3.43. The molecule has 2 N–H and O–H groups in total. The summed E-state index contributed by atoms with van der Waals surface area (Å²) in [6.07, 6.45) is 2.28. The van der Waals surface area contributed by atoms with Crippen LogP contribution in [0.15, 0.2) is 35.3 Å². The van der Waals surface area contributed by atoms with Crippen molar-refractivity contribution in [1.82, 2.24) is 15.5 Å². The molecule has 5 nitrogen and oxygen atoms in total. The number of hydrogen-bond acceptors (Lipinski definition) is 3. The van der Waals surface area contributed by atoms with E-state index in [1.54, 1.807) is 0 Å². The Morgan fingerprint density at radius 1 is 1.29 bits per heavy atom. The molecule has 0 radical (unpaired) electrons. The zero-order chi connectivity index (χ0) is 19.6. The van der Waals surface area contributed by atoms with E-state index in [4.69, 9.17) is 9.73 Å². The van der Waals surface area contributed by atoms with Gasteiger partial charge in [-0.15, -0.1) is 24.0 Å². The van der Waals surface area contributed by atoms with E-state index >= 15 is 0 Å². The number of nitrogens with one attached hydrogen (secondary N) is 2. The summed E-state index contributed by atoms with van der Waals surface area (Å²) in [5, 5.41) is 6.99. The summed E-state index contributed by atoms with van der Waals surface area (Å²) >= 11 is 0. The predicted molar refractivity (Wildman–Crippen MR) is 130 cm³/mol. The van der Waals surface area contributed by atoms with Crippen LogP contribution in [0.5, 0.6) is 5.75 Å². The number of guanidine groups is 1. The van der Waals surface area contributed by atoms with Gasteiger partial charge in [-0.3, -0.25) is 4.90 Å². The number of rotatable bonds is 8. The lowest BCUT2D eigenvalue weighted by atomic mass is 10.0. The van der Waals surface area contributed by atoms with Crippen LogP contribution in [0, 0.1) is 6.92 Å². The maximum Gasteiger partial charge on any atom is 0.191 e. The fraction of sp³-hybridized carbons (Fsp3) is 0.591. The van der Waals surface area contributed by atoms with E-state index in [2.05, 4.69) is 55.0 Å². The first-order valence-corrected chi connectivity index (χ1v) is 10.2. The average molecular weight is 500 g/mol.